The van der Waals surface area contributed by atoms with Crippen LogP contribution in [0, 0.1) is 10.1 Å². The number of para-hydroxylation sites is 2. The second-order valence-corrected chi connectivity index (χ2v) is 8.43. The molecule has 8 nitrogen and oxygen atoms in total. The molecular weight excluding hydrogens is 440 g/mol. The molecule has 3 aromatic carbocycles. The van der Waals surface area contributed by atoms with Crippen molar-refractivity contribution in [2.75, 3.05) is 11.9 Å². The van der Waals surface area contributed by atoms with Gasteiger partial charge in [0.25, 0.3) is 5.69 Å². The molecule has 9 heteroatoms. The maximum atomic E-state index is 13.0. The van der Waals surface area contributed by atoms with Crippen LogP contribution in [0.3, 0.4) is 0 Å². The summed E-state index contributed by atoms with van der Waals surface area (Å²) in [6.07, 6.45) is 1.46. The lowest BCUT2D eigenvalue weighted by molar-refractivity contribution is -0.383. The second kappa shape index (κ2) is 9.66. The number of carbonyl (C=O) groups is 2. The predicted molar refractivity (Wildman–Crippen MR) is 131 cm³/mol. The average molecular weight is 461 g/mol. The van der Waals surface area contributed by atoms with Crippen LogP contribution in [0.5, 0.6) is 0 Å². The fraction of sp³-hybridized carbons (Fsp3) is 0.125. The molecule has 166 valence electrons. The van der Waals surface area contributed by atoms with Crippen molar-refractivity contribution < 1.29 is 14.5 Å². The van der Waals surface area contributed by atoms with Gasteiger partial charge in [0, 0.05) is 24.4 Å². The van der Waals surface area contributed by atoms with E-state index in [4.69, 9.17) is 4.99 Å². The first kappa shape index (κ1) is 22.2. The van der Waals surface area contributed by atoms with Crippen molar-refractivity contribution in [2.24, 2.45) is 4.99 Å². The summed E-state index contributed by atoms with van der Waals surface area (Å²) in [4.78, 5) is 42.5. The van der Waals surface area contributed by atoms with Gasteiger partial charge in [-0.1, -0.05) is 66.4 Å². The number of hydrogen-bond acceptors (Lipinski definition) is 6. The summed E-state index contributed by atoms with van der Waals surface area (Å²) in [5.41, 5.74) is 0.612. The van der Waals surface area contributed by atoms with Gasteiger partial charge in [-0.15, -0.1) is 6.58 Å². The molecule has 4 rings (SSSR count). The van der Waals surface area contributed by atoms with Gasteiger partial charge >= 0.3 is 0 Å². The summed E-state index contributed by atoms with van der Waals surface area (Å²) in [6.45, 7) is 3.98. The molecule has 2 amide bonds. The highest BCUT2D eigenvalue weighted by Crippen LogP contribution is 2.34. The van der Waals surface area contributed by atoms with Crippen LogP contribution in [0.25, 0.3) is 10.8 Å². The molecule has 0 unspecified atom stereocenters. The Bertz CT molecular complexity index is 1280. The van der Waals surface area contributed by atoms with Gasteiger partial charge in [0.05, 0.1) is 10.6 Å². The summed E-state index contributed by atoms with van der Waals surface area (Å²) < 4.78 is 0. The molecule has 0 saturated carbocycles. The maximum absolute atomic E-state index is 13.0. The number of benzene rings is 3. The number of rotatable bonds is 7. The molecule has 1 fully saturated rings. The van der Waals surface area contributed by atoms with Crippen LogP contribution in [0.1, 0.15) is 6.42 Å². The quantitative estimate of drug-likeness (QED) is 0.307. The van der Waals surface area contributed by atoms with E-state index in [1.54, 1.807) is 12.1 Å². The summed E-state index contributed by atoms with van der Waals surface area (Å²) in [5.74, 6) is -0.739. The van der Waals surface area contributed by atoms with Crippen molar-refractivity contribution in [1.29, 1.82) is 0 Å². The van der Waals surface area contributed by atoms with E-state index in [0.717, 1.165) is 16.5 Å². The first-order valence-corrected chi connectivity index (χ1v) is 11.0. The number of nitro benzene ring substituents is 1. The van der Waals surface area contributed by atoms with Crippen LogP contribution in [0.15, 0.2) is 84.4 Å². The number of nitro groups is 1. The zero-order valence-electron chi connectivity index (χ0n) is 17.5. The monoisotopic (exact) mass is 460 g/mol. The molecule has 1 N–H and O–H groups in total. The Morgan fingerprint density at radius 2 is 1.88 bits per heavy atom. The van der Waals surface area contributed by atoms with Crippen LogP contribution in [0.2, 0.25) is 0 Å². The predicted octanol–water partition coefficient (Wildman–Crippen LogP) is 4.89. The zero-order chi connectivity index (χ0) is 23.4. The highest BCUT2D eigenvalue weighted by molar-refractivity contribution is 8.15. The Hall–Kier alpha value is -3.98. The number of hydrogen-bond donors (Lipinski definition) is 1. The number of aliphatic imine (C=N–C) groups is 1. The first-order chi connectivity index (χ1) is 16.0. The highest BCUT2D eigenvalue weighted by Gasteiger charge is 2.38. The lowest BCUT2D eigenvalue weighted by Gasteiger charge is -2.14. The molecule has 1 atom stereocenters. The topological polar surface area (TPSA) is 105 Å². The number of anilines is 1. The third kappa shape index (κ3) is 4.78. The van der Waals surface area contributed by atoms with E-state index < -0.39 is 16.1 Å². The van der Waals surface area contributed by atoms with Crippen LogP contribution in [-0.4, -0.2) is 38.6 Å². The van der Waals surface area contributed by atoms with Gasteiger partial charge in [-0.3, -0.25) is 24.6 Å². The Balaban J connectivity index is 1.57. The molecular formula is C24H20N4O4S. The molecule has 0 spiro atoms. The second-order valence-electron chi connectivity index (χ2n) is 7.26. The van der Waals surface area contributed by atoms with E-state index >= 15 is 0 Å². The Labute approximate surface area is 194 Å². The number of thioether (sulfide) groups is 1. The highest BCUT2D eigenvalue weighted by atomic mass is 32.2. The molecule has 33 heavy (non-hydrogen) atoms. The minimum absolute atomic E-state index is 0.0931. The van der Waals surface area contributed by atoms with E-state index in [1.165, 1.54) is 34.9 Å². The number of fused-ring (bicyclic) bond motifs is 1. The molecule has 1 aliphatic rings. The third-order valence-electron chi connectivity index (χ3n) is 5.06. The smallest absolute Gasteiger partial charge is 0.292 e. The van der Waals surface area contributed by atoms with Gasteiger partial charge in [0.15, 0.2) is 5.17 Å². The molecule has 0 aromatic heterocycles. The molecule has 1 heterocycles. The van der Waals surface area contributed by atoms with Crippen molar-refractivity contribution in [2.45, 2.75) is 11.7 Å². The van der Waals surface area contributed by atoms with Crippen molar-refractivity contribution in [3.63, 3.8) is 0 Å². The van der Waals surface area contributed by atoms with E-state index in [1.807, 2.05) is 42.5 Å². The van der Waals surface area contributed by atoms with Gasteiger partial charge < -0.3 is 5.32 Å². The van der Waals surface area contributed by atoms with E-state index in [2.05, 4.69) is 11.9 Å². The Morgan fingerprint density at radius 3 is 2.67 bits per heavy atom. The standard InChI is InChI=1S/C24H20N4O4S/c1-2-14-27-23(30)21(15-22(29)25-19-11-5-6-13-20(19)28(31)32)33-24(27)26-18-12-7-9-16-8-3-4-10-17(16)18/h2-13,21H,1,14-15H2,(H,25,29)/t21-/m1/s1. The average Bonchev–Trinajstić information content (AvgIpc) is 3.08. The van der Waals surface area contributed by atoms with Crippen molar-refractivity contribution >= 4 is 56.6 Å². The van der Waals surface area contributed by atoms with E-state index in [-0.39, 0.29) is 30.2 Å². The van der Waals surface area contributed by atoms with Gasteiger partial charge in [0.2, 0.25) is 11.8 Å². The fourth-order valence-corrected chi connectivity index (χ4v) is 4.70. The Morgan fingerprint density at radius 1 is 1.15 bits per heavy atom. The van der Waals surface area contributed by atoms with Crippen molar-refractivity contribution in [3.05, 3.63) is 89.5 Å². The number of nitrogens with one attached hydrogen (secondary N) is 1. The molecule has 1 saturated heterocycles. The molecule has 1 aliphatic heterocycles. The molecule has 0 aliphatic carbocycles. The summed E-state index contributed by atoms with van der Waals surface area (Å²) in [6, 6.07) is 19.5. The van der Waals surface area contributed by atoms with E-state index in [9.17, 15) is 19.7 Å². The summed E-state index contributed by atoms with van der Waals surface area (Å²) in [5, 5.41) is 15.5. The number of amidine groups is 1. The Kier molecular flexibility index (Phi) is 6.50. The lowest BCUT2D eigenvalue weighted by Crippen LogP contribution is -2.33. The van der Waals surface area contributed by atoms with Gasteiger partial charge in [-0.05, 0) is 17.5 Å². The van der Waals surface area contributed by atoms with E-state index in [0.29, 0.717) is 5.17 Å². The SMILES string of the molecule is C=CCN1C(=O)[C@@H](CC(=O)Nc2ccccc2[N+](=O)[O-])SC1=Nc1cccc2ccccc12. The fourth-order valence-electron chi connectivity index (χ4n) is 3.54. The summed E-state index contributed by atoms with van der Waals surface area (Å²) in [7, 11) is 0. The van der Waals surface area contributed by atoms with Crippen molar-refractivity contribution in [3.8, 4) is 0 Å². The van der Waals surface area contributed by atoms with Crippen LogP contribution >= 0.6 is 11.8 Å². The third-order valence-corrected chi connectivity index (χ3v) is 6.24. The normalized spacial score (nSPS) is 16.8. The summed E-state index contributed by atoms with van der Waals surface area (Å²) >= 11 is 1.20. The van der Waals surface area contributed by atoms with Crippen LogP contribution in [0.4, 0.5) is 17.1 Å². The zero-order valence-corrected chi connectivity index (χ0v) is 18.3. The lowest BCUT2D eigenvalue weighted by atomic mass is 10.1. The number of carbonyl (C=O) groups excluding carboxylic acids is 2. The van der Waals surface area contributed by atoms with Crippen LogP contribution in [-0.2, 0) is 9.59 Å². The molecule has 3 aromatic rings. The van der Waals surface area contributed by atoms with Gasteiger partial charge in [0.1, 0.15) is 10.9 Å². The maximum Gasteiger partial charge on any atom is 0.292 e. The number of amides is 2. The van der Waals surface area contributed by atoms with Crippen LogP contribution < -0.4 is 5.32 Å². The molecule has 0 radical (unpaired) electrons. The first-order valence-electron chi connectivity index (χ1n) is 10.2. The number of nitrogens with zero attached hydrogens (tertiary/aromatic N) is 3. The van der Waals surface area contributed by atoms with Crippen molar-refractivity contribution in [1.82, 2.24) is 4.90 Å². The molecule has 0 bridgehead atoms. The minimum Gasteiger partial charge on any atom is -0.320 e. The largest absolute Gasteiger partial charge is 0.320 e. The van der Waals surface area contributed by atoms with Gasteiger partial charge in [-0.2, -0.15) is 0 Å². The minimum atomic E-state index is -0.693. The van der Waals surface area contributed by atoms with Gasteiger partial charge in [-0.25, -0.2) is 4.99 Å².